The molecule has 94 valence electrons. The lowest BCUT2D eigenvalue weighted by Gasteiger charge is -2.08. The van der Waals surface area contributed by atoms with Crippen LogP contribution in [0, 0.1) is 13.8 Å². The monoisotopic (exact) mass is 254 g/mol. The Morgan fingerprint density at radius 1 is 1.53 bits per heavy atom. The number of ether oxygens (including phenoxy) is 1. The van der Waals surface area contributed by atoms with Crippen LogP contribution >= 0.6 is 11.8 Å². The highest BCUT2D eigenvalue weighted by atomic mass is 32.2. The first-order valence-electron chi connectivity index (χ1n) is 5.44. The summed E-state index contributed by atoms with van der Waals surface area (Å²) in [7, 11) is 1.35. The number of hydrogen-bond donors (Lipinski definition) is 1. The van der Waals surface area contributed by atoms with Gasteiger partial charge in [0.05, 0.1) is 12.1 Å². The molecule has 1 aromatic heterocycles. The molecule has 0 aromatic carbocycles. The lowest BCUT2D eigenvalue weighted by molar-refractivity contribution is -0.142. The molecule has 1 atom stereocenters. The zero-order valence-electron chi connectivity index (χ0n) is 10.4. The van der Waals surface area contributed by atoms with E-state index in [1.807, 2.05) is 26.0 Å². The van der Waals surface area contributed by atoms with Crippen molar-refractivity contribution < 1.29 is 9.53 Å². The minimum absolute atomic E-state index is 0.362. The molecule has 17 heavy (non-hydrogen) atoms. The van der Waals surface area contributed by atoms with E-state index in [1.54, 1.807) is 11.8 Å². The van der Waals surface area contributed by atoms with Crippen LogP contribution in [0.2, 0.25) is 0 Å². The van der Waals surface area contributed by atoms with E-state index in [0.29, 0.717) is 6.42 Å². The summed E-state index contributed by atoms with van der Waals surface area (Å²) in [5, 5.41) is 0.972. The van der Waals surface area contributed by atoms with Crippen molar-refractivity contribution in [3.63, 3.8) is 0 Å². The molecular weight excluding hydrogens is 236 g/mol. The molecule has 0 aliphatic carbocycles. The van der Waals surface area contributed by atoms with Gasteiger partial charge in [0.25, 0.3) is 0 Å². The Kier molecular flexibility index (Phi) is 5.44. The van der Waals surface area contributed by atoms with Crippen LogP contribution < -0.4 is 5.73 Å². The molecule has 0 bridgehead atoms. The Labute approximate surface area is 106 Å². The van der Waals surface area contributed by atoms with Crippen LogP contribution in [0.25, 0.3) is 0 Å². The van der Waals surface area contributed by atoms with E-state index < -0.39 is 6.04 Å². The molecule has 1 unspecified atom stereocenters. The van der Waals surface area contributed by atoms with E-state index in [9.17, 15) is 4.79 Å². The molecule has 0 amide bonds. The zero-order chi connectivity index (χ0) is 12.8. The predicted octanol–water partition coefficient (Wildman–Crippen LogP) is 1.68. The van der Waals surface area contributed by atoms with Crippen molar-refractivity contribution in [3.05, 3.63) is 23.4 Å². The van der Waals surface area contributed by atoms with Gasteiger partial charge in [-0.25, -0.2) is 4.98 Å². The number of thioether (sulfide) groups is 1. The SMILES string of the molecule is COC(=O)C(N)CCSc1cc(C)cc(C)n1. The van der Waals surface area contributed by atoms with Crippen LogP contribution in [0.15, 0.2) is 17.2 Å². The molecular formula is C12H18N2O2S. The molecule has 0 spiro atoms. The number of aryl methyl sites for hydroxylation is 2. The maximum atomic E-state index is 11.1. The van der Waals surface area contributed by atoms with Crippen molar-refractivity contribution in [1.82, 2.24) is 4.98 Å². The lowest BCUT2D eigenvalue weighted by Crippen LogP contribution is -2.31. The number of methoxy groups -OCH3 is 1. The summed E-state index contributed by atoms with van der Waals surface area (Å²) in [4.78, 5) is 15.5. The molecule has 2 N–H and O–H groups in total. The molecule has 0 saturated heterocycles. The molecule has 0 aliphatic rings. The smallest absolute Gasteiger partial charge is 0.322 e. The van der Waals surface area contributed by atoms with E-state index in [2.05, 4.69) is 9.72 Å². The summed E-state index contributed by atoms with van der Waals surface area (Å²) in [6.45, 7) is 4.01. The van der Waals surface area contributed by atoms with Crippen LogP contribution in [0.5, 0.6) is 0 Å². The Bertz CT molecular complexity index is 376. The van der Waals surface area contributed by atoms with Gasteiger partial charge in [-0.3, -0.25) is 4.79 Å². The van der Waals surface area contributed by atoms with Crippen LogP contribution in [0.1, 0.15) is 17.7 Å². The molecule has 0 aliphatic heterocycles. The van der Waals surface area contributed by atoms with Gasteiger partial charge in [0.15, 0.2) is 0 Å². The van der Waals surface area contributed by atoms with Crippen molar-refractivity contribution in [2.75, 3.05) is 12.9 Å². The number of hydrogen-bond acceptors (Lipinski definition) is 5. The van der Waals surface area contributed by atoms with Crippen molar-refractivity contribution in [2.45, 2.75) is 31.3 Å². The van der Waals surface area contributed by atoms with Crippen molar-refractivity contribution in [2.24, 2.45) is 5.73 Å². The standard InChI is InChI=1S/C12H18N2O2S/c1-8-6-9(2)14-11(7-8)17-5-4-10(13)12(15)16-3/h6-7,10H,4-5,13H2,1-3H3. The second-order valence-corrected chi connectivity index (χ2v) is 5.01. The summed E-state index contributed by atoms with van der Waals surface area (Å²) in [5.41, 5.74) is 7.84. The van der Waals surface area contributed by atoms with E-state index in [0.717, 1.165) is 16.5 Å². The lowest BCUT2D eigenvalue weighted by atomic mass is 10.2. The number of nitrogens with zero attached hydrogens (tertiary/aromatic N) is 1. The van der Waals surface area contributed by atoms with Crippen molar-refractivity contribution in [1.29, 1.82) is 0 Å². The third-order valence-corrected chi connectivity index (χ3v) is 3.20. The number of aromatic nitrogens is 1. The number of nitrogens with two attached hydrogens (primary N) is 1. The maximum Gasteiger partial charge on any atom is 0.322 e. The van der Waals surface area contributed by atoms with Gasteiger partial charge < -0.3 is 10.5 Å². The molecule has 5 heteroatoms. The molecule has 0 saturated carbocycles. The topological polar surface area (TPSA) is 65.2 Å². The fourth-order valence-electron chi connectivity index (χ4n) is 1.44. The number of pyridine rings is 1. The van der Waals surface area contributed by atoms with Crippen LogP contribution in [-0.2, 0) is 9.53 Å². The number of carbonyl (C=O) groups excluding carboxylic acids is 1. The van der Waals surface area contributed by atoms with Crippen LogP contribution in [-0.4, -0.2) is 29.9 Å². The average Bonchev–Trinajstić information content (AvgIpc) is 2.26. The Morgan fingerprint density at radius 3 is 2.82 bits per heavy atom. The van der Waals surface area contributed by atoms with Gasteiger partial charge >= 0.3 is 5.97 Å². The van der Waals surface area contributed by atoms with Gasteiger partial charge in [-0.1, -0.05) is 0 Å². The van der Waals surface area contributed by atoms with Crippen molar-refractivity contribution >= 4 is 17.7 Å². The molecule has 1 rings (SSSR count). The first-order valence-corrected chi connectivity index (χ1v) is 6.43. The Balaban J connectivity index is 2.43. The zero-order valence-corrected chi connectivity index (χ0v) is 11.2. The number of carbonyl (C=O) groups is 1. The van der Waals surface area contributed by atoms with E-state index in [-0.39, 0.29) is 5.97 Å². The summed E-state index contributed by atoms with van der Waals surface area (Å²) >= 11 is 1.61. The highest BCUT2D eigenvalue weighted by Crippen LogP contribution is 2.18. The molecule has 1 aromatic rings. The average molecular weight is 254 g/mol. The molecule has 0 radical (unpaired) electrons. The van der Waals surface area contributed by atoms with E-state index in [4.69, 9.17) is 5.73 Å². The summed E-state index contributed by atoms with van der Waals surface area (Å²) < 4.78 is 4.56. The normalized spacial score (nSPS) is 12.2. The number of esters is 1. The first kappa shape index (κ1) is 14.0. The van der Waals surface area contributed by atoms with Crippen LogP contribution in [0.4, 0.5) is 0 Å². The van der Waals surface area contributed by atoms with Crippen LogP contribution in [0.3, 0.4) is 0 Å². The van der Waals surface area contributed by atoms with E-state index in [1.165, 1.54) is 12.7 Å². The highest BCUT2D eigenvalue weighted by Gasteiger charge is 2.13. The molecule has 1 heterocycles. The van der Waals surface area contributed by atoms with Gasteiger partial charge in [0.1, 0.15) is 6.04 Å². The fraction of sp³-hybridized carbons (Fsp3) is 0.500. The first-order chi connectivity index (χ1) is 8.02. The largest absolute Gasteiger partial charge is 0.468 e. The third-order valence-electron chi connectivity index (χ3n) is 2.26. The van der Waals surface area contributed by atoms with Gasteiger partial charge in [-0.2, -0.15) is 0 Å². The van der Waals surface area contributed by atoms with Gasteiger partial charge in [-0.05, 0) is 38.0 Å². The predicted molar refractivity (Wildman–Crippen MR) is 69.0 cm³/mol. The van der Waals surface area contributed by atoms with Gasteiger partial charge in [-0.15, -0.1) is 11.8 Å². The number of rotatable bonds is 5. The van der Waals surface area contributed by atoms with Gasteiger partial charge in [0, 0.05) is 11.4 Å². The quantitative estimate of drug-likeness (QED) is 0.639. The summed E-state index contributed by atoms with van der Waals surface area (Å²) in [5.74, 6) is 0.394. The van der Waals surface area contributed by atoms with Gasteiger partial charge in [0.2, 0.25) is 0 Å². The minimum Gasteiger partial charge on any atom is -0.468 e. The van der Waals surface area contributed by atoms with E-state index >= 15 is 0 Å². The Morgan fingerprint density at radius 2 is 2.24 bits per heavy atom. The second kappa shape index (κ2) is 6.61. The molecule has 0 fully saturated rings. The second-order valence-electron chi connectivity index (χ2n) is 3.89. The minimum atomic E-state index is -0.543. The van der Waals surface area contributed by atoms with Crippen molar-refractivity contribution in [3.8, 4) is 0 Å². The Hall–Kier alpha value is -1.07. The summed E-state index contributed by atoms with van der Waals surface area (Å²) in [6.07, 6.45) is 0.589. The third kappa shape index (κ3) is 4.75. The molecule has 4 nitrogen and oxygen atoms in total. The fourth-order valence-corrected chi connectivity index (χ4v) is 2.50. The summed E-state index contributed by atoms with van der Waals surface area (Å²) in [6, 6.07) is 3.52. The highest BCUT2D eigenvalue weighted by molar-refractivity contribution is 7.99. The maximum absolute atomic E-state index is 11.1.